The minimum absolute atomic E-state index is 0.788. The summed E-state index contributed by atoms with van der Waals surface area (Å²) >= 11 is 3.36. The fourth-order valence-electron chi connectivity index (χ4n) is 1.57. The second-order valence-corrected chi connectivity index (χ2v) is 5.97. The van der Waals surface area contributed by atoms with Crippen LogP contribution in [0.15, 0.2) is 57.8 Å². The number of benzene rings is 2. The van der Waals surface area contributed by atoms with E-state index in [1.165, 1.54) is 4.70 Å². The largest absolute Gasteiger partial charge is 0.399 e. The average Bonchev–Trinajstić information content (AvgIpc) is 2.71. The number of rotatable bonds is 2. The quantitative estimate of drug-likeness (QED) is 0.705. The minimum atomic E-state index is 0.788. The molecule has 0 amide bonds. The molecule has 3 rings (SSSR count). The molecule has 0 spiro atoms. The maximum atomic E-state index is 5.76. The molecule has 1 heterocycles. The van der Waals surface area contributed by atoms with Crippen LogP contribution in [0.3, 0.4) is 0 Å². The van der Waals surface area contributed by atoms with Gasteiger partial charge in [-0.15, -0.1) is 11.3 Å². The molecule has 0 aliphatic heterocycles. The molecule has 2 aromatic carbocycles. The molecule has 0 aliphatic carbocycles. The van der Waals surface area contributed by atoms with Crippen molar-refractivity contribution in [1.29, 1.82) is 0 Å². The first-order chi connectivity index (χ1) is 8.31. The van der Waals surface area contributed by atoms with Crippen molar-refractivity contribution in [3.05, 3.63) is 48.5 Å². The van der Waals surface area contributed by atoms with Gasteiger partial charge in [-0.3, -0.25) is 0 Å². The van der Waals surface area contributed by atoms with Gasteiger partial charge >= 0.3 is 0 Å². The van der Waals surface area contributed by atoms with Gasteiger partial charge < -0.3 is 5.73 Å². The lowest BCUT2D eigenvalue weighted by Gasteiger charge is -1.98. The number of para-hydroxylation sites is 1. The Morgan fingerprint density at radius 1 is 1.06 bits per heavy atom. The highest BCUT2D eigenvalue weighted by molar-refractivity contribution is 8.01. The van der Waals surface area contributed by atoms with Crippen LogP contribution in [0, 0.1) is 0 Å². The van der Waals surface area contributed by atoms with Gasteiger partial charge in [0.2, 0.25) is 0 Å². The summed E-state index contributed by atoms with van der Waals surface area (Å²) in [5.41, 5.74) is 7.60. The summed E-state index contributed by atoms with van der Waals surface area (Å²) in [6.45, 7) is 0. The van der Waals surface area contributed by atoms with Crippen molar-refractivity contribution in [2.24, 2.45) is 0 Å². The molecular formula is C13H10N2S2. The molecule has 4 heteroatoms. The number of aromatic nitrogens is 1. The first kappa shape index (κ1) is 10.6. The third-order valence-corrected chi connectivity index (χ3v) is 4.42. The molecule has 17 heavy (non-hydrogen) atoms. The highest BCUT2D eigenvalue weighted by Crippen LogP contribution is 2.34. The summed E-state index contributed by atoms with van der Waals surface area (Å²) in [5.74, 6) is 0. The second kappa shape index (κ2) is 4.39. The molecule has 0 saturated carbocycles. The van der Waals surface area contributed by atoms with E-state index in [4.69, 9.17) is 5.73 Å². The Kier molecular flexibility index (Phi) is 2.74. The summed E-state index contributed by atoms with van der Waals surface area (Å²) in [6.07, 6.45) is 0. The monoisotopic (exact) mass is 258 g/mol. The van der Waals surface area contributed by atoms with Gasteiger partial charge in [0.15, 0.2) is 4.34 Å². The maximum absolute atomic E-state index is 5.76. The van der Waals surface area contributed by atoms with Crippen LogP contribution in [-0.2, 0) is 0 Å². The molecule has 0 bridgehead atoms. The van der Waals surface area contributed by atoms with Crippen LogP contribution in [0.4, 0.5) is 5.69 Å². The zero-order chi connectivity index (χ0) is 11.7. The Hall–Kier alpha value is -1.52. The van der Waals surface area contributed by atoms with Crippen molar-refractivity contribution in [2.75, 3.05) is 5.73 Å². The number of nitrogens with two attached hydrogens (primary N) is 1. The molecular weight excluding hydrogens is 248 g/mol. The van der Waals surface area contributed by atoms with Gasteiger partial charge in [-0.05, 0) is 30.3 Å². The van der Waals surface area contributed by atoms with Crippen molar-refractivity contribution < 1.29 is 0 Å². The molecule has 1 aromatic heterocycles. The van der Waals surface area contributed by atoms with E-state index < -0.39 is 0 Å². The van der Waals surface area contributed by atoms with Crippen LogP contribution in [0.5, 0.6) is 0 Å². The number of nitrogen functional groups attached to an aromatic ring is 1. The maximum Gasteiger partial charge on any atom is 0.155 e. The third-order valence-electron chi connectivity index (χ3n) is 2.34. The van der Waals surface area contributed by atoms with E-state index >= 15 is 0 Å². The van der Waals surface area contributed by atoms with Crippen molar-refractivity contribution in [1.82, 2.24) is 4.98 Å². The summed E-state index contributed by atoms with van der Waals surface area (Å²) in [6, 6.07) is 16.1. The van der Waals surface area contributed by atoms with E-state index in [9.17, 15) is 0 Å². The van der Waals surface area contributed by atoms with Crippen LogP contribution in [0.2, 0.25) is 0 Å². The summed E-state index contributed by atoms with van der Waals surface area (Å²) in [7, 11) is 0. The topological polar surface area (TPSA) is 38.9 Å². The van der Waals surface area contributed by atoms with E-state index in [1.807, 2.05) is 42.5 Å². The number of hydrogen-bond acceptors (Lipinski definition) is 4. The van der Waals surface area contributed by atoms with Crippen molar-refractivity contribution in [2.45, 2.75) is 9.24 Å². The Morgan fingerprint density at radius 3 is 2.76 bits per heavy atom. The minimum Gasteiger partial charge on any atom is -0.399 e. The second-order valence-electron chi connectivity index (χ2n) is 3.62. The normalized spacial score (nSPS) is 10.8. The van der Waals surface area contributed by atoms with Gasteiger partial charge in [0, 0.05) is 10.6 Å². The molecule has 0 radical (unpaired) electrons. The fraction of sp³-hybridized carbons (Fsp3) is 0. The van der Waals surface area contributed by atoms with Crippen LogP contribution in [0.25, 0.3) is 10.2 Å². The Morgan fingerprint density at radius 2 is 1.94 bits per heavy atom. The number of nitrogens with zero attached hydrogens (tertiary/aromatic N) is 1. The van der Waals surface area contributed by atoms with Crippen molar-refractivity contribution >= 4 is 39.0 Å². The lowest BCUT2D eigenvalue weighted by atomic mass is 10.3. The van der Waals surface area contributed by atoms with Crippen molar-refractivity contribution in [3.8, 4) is 0 Å². The average molecular weight is 258 g/mol. The predicted molar refractivity (Wildman–Crippen MR) is 74.6 cm³/mol. The van der Waals surface area contributed by atoms with Crippen LogP contribution in [-0.4, -0.2) is 4.98 Å². The third kappa shape index (κ3) is 2.28. The summed E-state index contributed by atoms with van der Waals surface area (Å²) < 4.78 is 2.27. The number of anilines is 1. The molecule has 0 fully saturated rings. The Bertz CT molecular complexity index is 628. The van der Waals surface area contributed by atoms with Gasteiger partial charge in [-0.2, -0.15) is 0 Å². The van der Waals surface area contributed by atoms with Gasteiger partial charge in [-0.1, -0.05) is 30.0 Å². The first-order valence-corrected chi connectivity index (χ1v) is 6.83. The Balaban J connectivity index is 1.94. The van der Waals surface area contributed by atoms with Crippen LogP contribution in [0.1, 0.15) is 0 Å². The van der Waals surface area contributed by atoms with E-state index in [0.717, 1.165) is 20.4 Å². The van der Waals surface area contributed by atoms with E-state index in [-0.39, 0.29) is 0 Å². The van der Waals surface area contributed by atoms with E-state index in [1.54, 1.807) is 23.1 Å². The summed E-state index contributed by atoms with van der Waals surface area (Å²) in [4.78, 5) is 5.71. The van der Waals surface area contributed by atoms with Crippen LogP contribution < -0.4 is 5.73 Å². The molecule has 0 unspecified atom stereocenters. The Labute approximate surface area is 107 Å². The molecule has 0 saturated heterocycles. The lowest BCUT2D eigenvalue weighted by molar-refractivity contribution is 1.29. The number of hydrogen-bond donors (Lipinski definition) is 1. The number of fused-ring (bicyclic) bond motifs is 1. The molecule has 84 valence electrons. The molecule has 0 atom stereocenters. The molecule has 2 nitrogen and oxygen atoms in total. The molecule has 0 aliphatic rings. The SMILES string of the molecule is Nc1cccc(Sc2nc3ccccc3s2)c1. The highest BCUT2D eigenvalue weighted by atomic mass is 32.2. The summed E-state index contributed by atoms with van der Waals surface area (Å²) in [5, 5.41) is 0. The smallest absolute Gasteiger partial charge is 0.155 e. The van der Waals surface area contributed by atoms with E-state index in [0.29, 0.717) is 0 Å². The lowest BCUT2D eigenvalue weighted by Crippen LogP contribution is -1.83. The van der Waals surface area contributed by atoms with Crippen LogP contribution >= 0.6 is 23.1 Å². The zero-order valence-electron chi connectivity index (χ0n) is 8.96. The van der Waals surface area contributed by atoms with Gasteiger partial charge in [0.25, 0.3) is 0 Å². The zero-order valence-corrected chi connectivity index (χ0v) is 10.6. The molecule has 2 N–H and O–H groups in total. The number of thiazole rings is 1. The van der Waals surface area contributed by atoms with Gasteiger partial charge in [0.1, 0.15) is 0 Å². The highest BCUT2D eigenvalue weighted by Gasteiger charge is 2.04. The fourth-order valence-corrected chi connectivity index (χ4v) is 3.68. The first-order valence-electron chi connectivity index (χ1n) is 5.20. The van der Waals surface area contributed by atoms with Gasteiger partial charge in [-0.25, -0.2) is 4.98 Å². The standard InChI is InChI=1S/C13H10N2S2/c14-9-4-3-5-10(8-9)16-13-15-11-6-1-2-7-12(11)17-13/h1-8H,14H2. The predicted octanol–water partition coefficient (Wildman–Crippen LogP) is 4.03. The van der Waals surface area contributed by atoms with E-state index in [2.05, 4.69) is 11.1 Å². The van der Waals surface area contributed by atoms with Crippen molar-refractivity contribution in [3.63, 3.8) is 0 Å². The molecule has 3 aromatic rings. The van der Waals surface area contributed by atoms with Gasteiger partial charge in [0.05, 0.1) is 10.2 Å².